The van der Waals surface area contributed by atoms with Gasteiger partial charge in [-0.1, -0.05) is 12.1 Å². The lowest BCUT2D eigenvalue weighted by molar-refractivity contribution is -0.119. The number of hydrogen-bond donors (Lipinski definition) is 1. The first-order valence-corrected chi connectivity index (χ1v) is 8.92. The van der Waals surface area contributed by atoms with Crippen LogP contribution in [0.4, 0.5) is 14.5 Å². The van der Waals surface area contributed by atoms with E-state index in [9.17, 15) is 18.4 Å². The highest BCUT2D eigenvalue weighted by molar-refractivity contribution is 8.04. The number of nitrogens with zero attached hydrogens (tertiary/aromatic N) is 1. The number of carbonyl (C=O) groups excluding carboxylic acids is 2. The first kappa shape index (κ1) is 19.1. The molecule has 1 aliphatic rings. The Bertz CT molecular complexity index is 928. The van der Waals surface area contributed by atoms with Crippen molar-refractivity contribution < 1.29 is 28.2 Å². The number of amides is 2. The molecule has 0 spiro atoms. The summed E-state index contributed by atoms with van der Waals surface area (Å²) in [4.78, 5) is 26.7. The van der Waals surface area contributed by atoms with E-state index in [1.165, 1.54) is 13.2 Å². The molecule has 140 valence electrons. The number of ether oxygens (including phenoxy) is 1. The average molecular weight is 391 g/mol. The summed E-state index contributed by atoms with van der Waals surface area (Å²) in [6.07, 6.45) is 0. The van der Waals surface area contributed by atoms with Gasteiger partial charge in [0.25, 0.3) is 11.8 Å². The van der Waals surface area contributed by atoms with Gasteiger partial charge in [0.15, 0.2) is 11.6 Å². The molecule has 27 heavy (non-hydrogen) atoms. The maximum atomic E-state index is 13.6. The number of anilines is 1. The van der Waals surface area contributed by atoms with Gasteiger partial charge in [-0.2, -0.15) is 0 Å². The fraction of sp³-hybridized carbons (Fsp3) is 0.158. The van der Waals surface area contributed by atoms with Crippen LogP contribution in [-0.4, -0.2) is 36.4 Å². The fourth-order valence-electron chi connectivity index (χ4n) is 2.66. The van der Waals surface area contributed by atoms with Gasteiger partial charge >= 0.3 is 0 Å². The van der Waals surface area contributed by atoms with Crippen molar-refractivity contribution in [3.63, 3.8) is 0 Å². The second kappa shape index (κ2) is 7.89. The molecule has 0 bridgehead atoms. The molecule has 0 radical (unpaired) electrons. The minimum absolute atomic E-state index is 0.0606. The molecule has 0 saturated carbocycles. The zero-order chi connectivity index (χ0) is 19.6. The Labute approximate surface area is 158 Å². The summed E-state index contributed by atoms with van der Waals surface area (Å²) in [7, 11) is 1.51. The summed E-state index contributed by atoms with van der Waals surface area (Å²) in [6.45, 7) is -0.184. The van der Waals surface area contributed by atoms with Crippen LogP contribution in [-0.2, 0) is 9.59 Å². The molecule has 0 saturated heterocycles. The third-order valence-electron chi connectivity index (χ3n) is 3.92. The van der Waals surface area contributed by atoms with E-state index in [4.69, 9.17) is 9.84 Å². The van der Waals surface area contributed by atoms with E-state index in [0.717, 1.165) is 28.8 Å². The van der Waals surface area contributed by atoms with Crippen molar-refractivity contribution >= 4 is 34.8 Å². The molecule has 0 unspecified atom stereocenters. The van der Waals surface area contributed by atoms with Gasteiger partial charge in [-0.3, -0.25) is 9.59 Å². The minimum atomic E-state index is -1.16. The number of aliphatic hydroxyl groups excluding tert-OH is 1. The molecule has 3 rings (SSSR count). The van der Waals surface area contributed by atoms with Crippen LogP contribution in [0.1, 0.15) is 5.56 Å². The zero-order valence-electron chi connectivity index (χ0n) is 14.2. The van der Waals surface area contributed by atoms with Gasteiger partial charge in [0.1, 0.15) is 5.75 Å². The first-order valence-electron chi connectivity index (χ1n) is 7.94. The van der Waals surface area contributed by atoms with Crippen molar-refractivity contribution in [1.82, 2.24) is 0 Å². The lowest BCUT2D eigenvalue weighted by Crippen LogP contribution is -2.31. The summed E-state index contributed by atoms with van der Waals surface area (Å²) in [6, 6.07) is 9.39. The SMILES string of the molecule is COc1ccc(C2=C(SCCO)C(=O)N(c3ccc(F)c(F)c3)C2=O)cc1. The van der Waals surface area contributed by atoms with Gasteiger partial charge in [0.2, 0.25) is 0 Å². The van der Waals surface area contributed by atoms with Gasteiger partial charge in [0, 0.05) is 11.8 Å². The lowest BCUT2D eigenvalue weighted by atomic mass is 10.1. The first-order chi connectivity index (χ1) is 13.0. The molecule has 0 atom stereocenters. The van der Waals surface area contributed by atoms with Gasteiger partial charge in [-0.05, 0) is 29.8 Å². The highest BCUT2D eigenvalue weighted by Crippen LogP contribution is 2.38. The minimum Gasteiger partial charge on any atom is -0.497 e. The van der Waals surface area contributed by atoms with E-state index in [1.807, 2.05) is 0 Å². The molecule has 2 aromatic rings. The topological polar surface area (TPSA) is 66.8 Å². The smallest absolute Gasteiger partial charge is 0.272 e. The number of methoxy groups -OCH3 is 1. The third-order valence-corrected chi connectivity index (χ3v) is 4.97. The van der Waals surface area contributed by atoms with E-state index in [1.54, 1.807) is 24.3 Å². The molecule has 5 nitrogen and oxygen atoms in total. The number of halogens is 2. The quantitative estimate of drug-likeness (QED) is 0.767. The van der Waals surface area contributed by atoms with Crippen LogP contribution in [0.3, 0.4) is 0 Å². The van der Waals surface area contributed by atoms with E-state index >= 15 is 0 Å². The summed E-state index contributed by atoms with van der Waals surface area (Å²) >= 11 is 1.03. The molecule has 2 amide bonds. The molecule has 1 N–H and O–H groups in total. The molecular formula is C19H15F2NO4S. The maximum Gasteiger partial charge on any atom is 0.272 e. The van der Waals surface area contributed by atoms with Crippen LogP contribution in [0.2, 0.25) is 0 Å². The Morgan fingerprint density at radius 3 is 2.33 bits per heavy atom. The predicted molar refractivity (Wildman–Crippen MR) is 98.3 cm³/mol. The molecule has 2 aromatic carbocycles. The second-order valence-corrected chi connectivity index (χ2v) is 6.65. The van der Waals surface area contributed by atoms with Crippen molar-refractivity contribution in [3.8, 4) is 5.75 Å². The van der Waals surface area contributed by atoms with Crippen molar-refractivity contribution in [3.05, 3.63) is 64.6 Å². The van der Waals surface area contributed by atoms with Gasteiger partial charge < -0.3 is 9.84 Å². The van der Waals surface area contributed by atoms with Crippen LogP contribution >= 0.6 is 11.8 Å². The number of aliphatic hydroxyl groups is 1. The van der Waals surface area contributed by atoms with Gasteiger partial charge in [-0.15, -0.1) is 11.8 Å². The lowest BCUT2D eigenvalue weighted by Gasteiger charge is -2.15. The highest BCUT2D eigenvalue weighted by Gasteiger charge is 2.40. The van der Waals surface area contributed by atoms with Crippen LogP contribution in [0.15, 0.2) is 47.4 Å². The highest BCUT2D eigenvalue weighted by atomic mass is 32.2. The molecule has 0 aromatic heterocycles. The van der Waals surface area contributed by atoms with Crippen molar-refractivity contribution in [1.29, 1.82) is 0 Å². The van der Waals surface area contributed by atoms with Crippen LogP contribution in [0.5, 0.6) is 5.75 Å². The average Bonchev–Trinajstić information content (AvgIpc) is 2.92. The Hall–Kier alpha value is -2.71. The zero-order valence-corrected chi connectivity index (χ0v) is 15.1. The van der Waals surface area contributed by atoms with Crippen LogP contribution in [0, 0.1) is 11.6 Å². The summed E-state index contributed by atoms with van der Waals surface area (Å²) < 4.78 is 31.9. The monoisotopic (exact) mass is 391 g/mol. The molecule has 0 aliphatic carbocycles. The van der Waals surface area contributed by atoms with Crippen molar-refractivity contribution in [2.24, 2.45) is 0 Å². The van der Waals surface area contributed by atoms with Crippen molar-refractivity contribution in [2.75, 3.05) is 24.4 Å². The maximum absolute atomic E-state index is 13.6. The number of benzene rings is 2. The Morgan fingerprint density at radius 2 is 1.74 bits per heavy atom. The third kappa shape index (κ3) is 3.58. The Morgan fingerprint density at radius 1 is 1.04 bits per heavy atom. The number of rotatable bonds is 6. The molecule has 1 aliphatic heterocycles. The molecule has 8 heteroatoms. The van der Waals surface area contributed by atoms with E-state index in [-0.39, 0.29) is 28.5 Å². The van der Waals surface area contributed by atoms with Crippen molar-refractivity contribution in [2.45, 2.75) is 0 Å². The van der Waals surface area contributed by atoms with Crippen LogP contribution in [0.25, 0.3) is 5.57 Å². The number of hydrogen-bond acceptors (Lipinski definition) is 5. The normalized spacial score (nSPS) is 14.3. The van der Waals surface area contributed by atoms with E-state index < -0.39 is 23.4 Å². The number of carbonyl (C=O) groups is 2. The van der Waals surface area contributed by atoms with Crippen LogP contribution < -0.4 is 9.64 Å². The fourth-order valence-corrected chi connectivity index (χ4v) is 3.52. The largest absolute Gasteiger partial charge is 0.497 e. The molecule has 1 heterocycles. The Balaban J connectivity index is 2.06. The standard InChI is InChI=1S/C19H15F2NO4S/c1-26-13-5-2-11(3-6-13)16-17(27-9-8-23)19(25)22(18(16)24)12-4-7-14(20)15(21)10-12/h2-7,10,23H,8-9H2,1H3. The molecular weight excluding hydrogens is 376 g/mol. The molecule has 0 fully saturated rings. The second-order valence-electron chi connectivity index (χ2n) is 5.55. The van der Waals surface area contributed by atoms with Gasteiger partial charge in [-0.25, -0.2) is 13.7 Å². The summed E-state index contributed by atoms with van der Waals surface area (Å²) in [5.74, 6) is -2.73. The van der Waals surface area contributed by atoms with E-state index in [0.29, 0.717) is 11.3 Å². The van der Waals surface area contributed by atoms with Gasteiger partial charge in [0.05, 0.1) is 29.9 Å². The number of imide groups is 1. The Kier molecular flexibility index (Phi) is 5.57. The summed E-state index contributed by atoms with van der Waals surface area (Å²) in [5.41, 5.74) is 0.569. The van der Waals surface area contributed by atoms with E-state index in [2.05, 4.69) is 0 Å². The predicted octanol–water partition coefficient (Wildman–Crippen LogP) is 2.98. The summed E-state index contributed by atoms with van der Waals surface area (Å²) in [5, 5.41) is 9.09. The number of thioether (sulfide) groups is 1.